The highest BCUT2D eigenvalue weighted by Crippen LogP contribution is 2.37. The van der Waals surface area contributed by atoms with E-state index in [9.17, 15) is 10.4 Å². The second-order valence-electron chi connectivity index (χ2n) is 8.57. The number of hydrogen-bond acceptors (Lipinski definition) is 7. The molecule has 2 atom stereocenters. The lowest BCUT2D eigenvalue weighted by atomic mass is 10.0. The first kappa shape index (κ1) is 22.0. The van der Waals surface area contributed by atoms with E-state index in [2.05, 4.69) is 27.6 Å². The molecule has 3 aromatic rings. The first-order valence-corrected chi connectivity index (χ1v) is 11.0. The molecule has 7 nitrogen and oxygen atoms in total. The molecule has 166 valence electrons. The van der Waals surface area contributed by atoms with Crippen LogP contribution < -0.4 is 10.1 Å². The van der Waals surface area contributed by atoms with Gasteiger partial charge in [-0.15, -0.1) is 0 Å². The van der Waals surface area contributed by atoms with Crippen LogP contribution in [0.2, 0.25) is 0 Å². The topological polar surface area (TPSA) is 104 Å². The zero-order chi connectivity index (χ0) is 22.7. The summed E-state index contributed by atoms with van der Waals surface area (Å²) in [4.78, 5) is 4.63. The van der Waals surface area contributed by atoms with Crippen molar-refractivity contribution in [2.75, 3.05) is 13.2 Å². The van der Waals surface area contributed by atoms with E-state index < -0.39 is 0 Å². The van der Waals surface area contributed by atoms with Crippen LogP contribution in [0, 0.1) is 17.2 Å². The number of nitriles is 1. The Labute approximate surface area is 188 Å². The van der Waals surface area contributed by atoms with Crippen LogP contribution >= 0.6 is 0 Å². The normalized spacial score (nSPS) is 16.1. The van der Waals surface area contributed by atoms with Gasteiger partial charge in [-0.05, 0) is 61.9 Å². The van der Waals surface area contributed by atoms with Gasteiger partial charge in [0.2, 0.25) is 5.82 Å². The van der Waals surface area contributed by atoms with Gasteiger partial charge in [-0.1, -0.05) is 30.3 Å². The highest BCUT2D eigenvalue weighted by Gasteiger charge is 2.26. The van der Waals surface area contributed by atoms with Gasteiger partial charge in [0.1, 0.15) is 11.8 Å². The summed E-state index contributed by atoms with van der Waals surface area (Å²) >= 11 is 0. The van der Waals surface area contributed by atoms with Gasteiger partial charge in [0, 0.05) is 30.3 Å². The smallest absolute Gasteiger partial charge is 0.258 e. The van der Waals surface area contributed by atoms with Gasteiger partial charge >= 0.3 is 0 Å². The molecule has 0 bridgehead atoms. The van der Waals surface area contributed by atoms with Gasteiger partial charge in [0.05, 0.1) is 11.7 Å². The van der Waals surface area contributed by atoms with Gasteiger partial charge in [-0.3, -0.25) is 0 Å². The molecular formula is C25H28N4O3. The molecule has 7 heteroatoms. The number of nitrogens with one attached hydrogen (secondary N) is 1. The number of hydrogen-bond donors (Lipinski definition) is 2. The number of rotatable bonds is 8. The molecule has 1 aliphatic rings. The number of aromatic nitrogens is 2. The van der Waals surface area contributed by atoms with Crippen LogP contribution in [-0.2, 0) is 6.42 Å². The fourth-order valence-electron chi connectivity index (χ4n) is 4.04. The van der Waals surface area contributed by atoms with Gasteiger partial charge < -0.3 is 19.7 Å². The van der Waals surface area contributed by atoms with E-state index in [1.54, 1.807) is 12.1 Å². The van der Waals surface area contributed by atoms with Crippen molar-refractivity contribution in [3.63, 3.8) is 0 Å². The van der Waals surface area contributed by atoms with Crippen molar-refractivity contribution in [2.45, 2.75) is 45.8 Å². The molecule has 4 rings (SSSR count). The van der Waals surface area contributed by atoms with E-state index in [0.29, 0.717) is 28.6 Å². The molecule has 1 unspecified atom stereocenters. The third kappa shape index (κ3) is 4.52. The molecule has 0 fully saturated rings. The summed E-state index contributed by atoms with van der Waals surface area (Å²) in [7, 11) is 0. The lowest BCUT2D eigenvalue weighted by Crippen LogP contribution is -2.26. The van der Waals surface area contributed by atoms with Crippen LogP contribution in [0.1, 0.15) is 49.9 Å². The first-order valence-electron chi connectivity index (χ1n) is 11.0. The van der Waals surface area contributed by atoms with E-state index in [1.807, 2.05) is 39.0 Å². The largest absolute Gasteiger partial charge is 0.490 e. The van der Waals surface area contributed by atoms with Gasteiger partial charge in [-0.25, -0.2) is 0 Å². The van der Waals surface area contributed by atoms with Crippen LogP contribution in [0.3, 0.4) is 0 Å². The van der Waals surface area contributed by atoms with Gasteiger partial charge in [0.25, 0.3) is 5.89 Å². The van der Waals surface area contributed by atoms with Crippen molar-refractivity contribution < 1.29 is 14.4 Å². The lowest BCUT2D eigenvalue weighted by Gasteiger charge is -2.17. The molecule has 0 aliphatic heterocycles. The molecule has 32 heavy (non-hydrogen) atoms. The average Bonchev–Trinajstić information content (AvgIpc) is 3.44. The van der Waals surface area contributed by atoms with Crippen molar-refractivity contribution in [1.29, 1.82) is 5.26 Å². The van der Waals surface area contributed by atoms with Crippen molar-refractivity contribution in [1.82, 2.24) is 15.5 Å². The monoisotopic (exact) mass is 432 g/mol. The van der Waals surface area contributed by atoms with Crippen LogP contribution in [0.4, 0.5) is 0 Å². The first-order chi connectivity index (χ1) is 15.5. The molecule has 0 saturated carbocycles. The van der Waals surface area contributed by atoms with E-state index in [-0.39, 0.29) is 24.7 Å². The minimum Gasteiger partial charge on any atom is -0.490 e. The summed E-state index contributed by atoms with van der Waals surface area (Å²) in [6.45, 7) is 6.82. The fourth-order valence-corrected chi connectivity index (χ4v) is 4.04. The highest BCUT2D eigenvalue weighted by molar-refractivity contribution is 5.67. The summed E-state index contributed by atoms with van der Waals surface area (Å²) in [5.74, 6) is 1.68. The molecule has 0 saturated heterocycles. The molecular weight excluding hydrogens is 404 g/mol. The number of benzene rings is 2. The van der Waals surface area contributed by atoms with Crippen LogP contribution in [-0.4, -0.2) is 34.5 Å². The predicted octanol–water partition coefficient (Wildman–Crippen LogP) is 4.27. The highest BCUT2D eigenvalue weighted by atomic mass is 16.5. The Bertz CT molecular complexity index is 1130. The van der Waals surface area contributed by atoms with E-state index in [0.717, 1.165) is 24.9 Å². The summed E-state index contributed by atoms with van der Waals surface area (Å²) in [6, 6.07) is 13.9. The summed E-state index contributed by atoms with van der Waals surface area (Å²) in [5, 5.41) is 26.6. The summed E-state index contributed by atoms with van der Waals surface area (Å²) in [5.41, 5.74) is 4.56. The Morgan fingerprint density at radius 3 is 2.88 bits per heavy atom. The average molecular weight is 433 g/mol. The van der Waals surface area contributed by atoms with Crippen LogP contribution in [0.5, 0.6) is 5.75 Å². The van der Waals surface area contributed by atoms with E-state index in [4.69, 9.17) is 9.26 Å². The quantitative estimate of drug-likeness (QED) is 0.548. The SMILES string of the molecule is CC(C)Oc1ccc(-c2nc(-c3cccc4c3CCC4NC[C@@H](C)CO)no2)cc1C#N. The zero-order valence-corrected chi connectivity index (χ0v) is 18.6. The number of fused-ring (bicyclic) bond motifs is 1. The minimum atomic E-state index is -0.0201. The Morgan fingerprint density at radius 2 is 2.12 bits per heavy atom. The molecule has 0 radical (unpaired) electrons. The molecule has 1 aliphatic carbocycles. The number of nitrogens with zero attached hydrogens (tertiary/aromatic N) is 3. The maximum Gasteiger partial charge on any atom is 0.258 e. The Kier molecular flexibility index (Phi) is 6.54. The predicted molar refractivity (Wildman–Crippen MR) is 121 cm³/mol. The van der Waals surface area contributed by atoms with Crippen molar-refractivity contribution in [2.24, 2.45) is 5.92 Å². The van der Waals surface area contributed by atoms with Gasteiger partial charge in [0.15, 0.2) is 0 Å². The van der Waals surface area contributed by atoms with Crippen molar-refractivity contribution in [3.05, 3.63) is 53.1 Å². The van der Waals surface area contributed by atoms with Crippen molar-refractivity contribution in [3.8, 4) is 34.7 Å². The van der Waals surface area contributed by atoms with E-state index in [1.165, 1.54) is 11.1 Å². The Hall–Kier alpha value is -3.21. The van der Waals surface area contributed by atoms with Gasteiger partial charge in [-0.2, -0.15) is 10.2 Å². The van der Waals surface area contributed by atoms with Crippen LogP contribution in [0.25, 0.3) is 22.8 Å². The molecule has 1 aromatic heterocycles. The number of aliphatic hydroxyl groups excluding tert-OH is 1. The number of aliphatic hydroxyl groups is 1. The standard InChI is InChI=1S/C25H28N4O3/c1-15(2)31-23-10-7-17(11-18(23)12-26)25-28-24(29-32-25)21-6-4-5-20-19(21)8-9-22(20)27-13-16(3)14-30/h4-7,10-11,15-16,22,27,30H,8-9,13-14H2,1-3H3/t16-,22?/m1/s1. The lowest BCUT2D eigenvalue weighted by molar-refractivity contribution is 0.230. The maximum absolute atomic E-state index is 9.49. The second-order valence-corrected chi connectivity index (χ2v) is 8.57. The molecule has 2 N–H and O–H groups in total. The Morgan fingerprint density at radius 1 is 1.28 bits per heavy atom. The number of ether oxygens (including phenoxy) is 1. The molecule has 2 aromatic carbocycles. The Balaban J connectivity index is 1.59. The summed E-state index contributed by atoms with van der Waals surface area (Å²) in [6.07, 6.45) is 1.91. The van der Waals surface area contributed by atoms with Crippen molar-refractivity contribution >= 4 is 0 Å². The third-order valence-electron chi connectivity index (χ3n) is 5.67. The van der Waals surface area contributed by atoms with E-state index >= 15 is 0 Å². The minimum absolute atomic E-state index is 0.0201. The summed E-state index contributed by atoms with van der Waals surface area (Å²) < 4.78 is 11.2. The second kappa shape index (κ2) is 9.51. The molecule has 0 spiro atoms. The maximum atomic E-state index is 9.49. The zero-order valence-electron chi connectivity index (χ0n) is 18.6. The fraction of sp³-hybridized carbons (Fsp3) is 0.400. The third-order valence-corrected chi connectivity index (χ3v) is 5.67. The molecule has 0 amide bonds. The molecule has 1 heterocycles. The van der Waals surface area contributed by atoms with Crippen LogP contribution in [0.15, 0.2) is 40.9 Å².